The quantitative estimate of drug-likeness (QED) is 0.735. The Balaban J connectivity index is 1.75. The van der Waals surface area contributed by atoms with E-state index >= 15 is 0 Å². The van der Waals surface area contributed by atoms with Gasteiger partial charge in [0.05, 0.1) is 5.56 Å². The zero-order valence-electron chi connectivity index (χ0n) is 13.7. The number of carbonyl (C=O) groups is 1. The van der Waals surface area contributed by atoms with Crippen molar-refractivity contribution in [2.75, 3.05) is 11.9 Å². The number of aromatic nitrogens is 2. The van der Waals surface area contributed by atoms with Gasteiger partial charge in [0.1, 0.15) is 0 Å². The number of hydrogen-bond acceptors (Lipinski definition) is 4. The summed E-state index contributed by atoms with van der Waals surface area (Å²) >= 11 is 0. The highest BCUT2D eigenvalue weighted by molar-refractivity contribution is 5.93. The zero-order chi connectivity index (χ0) is 16.5. The Kier molecular flexibility index (Phi) is 6.54. The predicted octanol–water partition coefficient (Wildman–Crippen LogP) is 3.05. The van der Waals surface area contributed by atoms with Gasteiger partial charge in [-0.2, -0.15) is 0 Å². The molecule has 2 aromatic rings. The number of nitrogens with one attached hydrogen (secondary N) is 2. The fraction of sp³-hybridized carbons (Fsp3) is 0.389. The average Bonchev–Trinajstić information content (AvgIpc) is 2.60. The molecule has 1 unspecified atom stereocenters. The van der Waals surface area contributed by atoms with Crippen molar-refractivity contribution in [2.24, 2.45) is 0 Å². The molecule has 0 saturated carbocycles. The number of nitrogens with zero attached hydrogens (tertiary/aromatic N) is 2. The van der Waals surface area contributed by atoms with Crippen LogP contribution >= 0.6 is 0 Å². The van der Waals surface area contributed by atoms with Crippen molar-refractivity contribution in [3.8, 4) is 0 Å². The molecule has 1 aromatic carbocycles. The van der Waals surface area contributed by atoms with Crippen LogP contribution in [0.1, 0.15) is 42.6 Å². The third kappa shape index (κ3) is 5.70. The van der Waals surface area contributed by atoms with Crippen LogP contribution in [0.25, 0.3) is 0 Å². The highest BCUT2D eigenvalue weighted by atomic mass is 16.1. The molecule has 0 spiro atoms. The minimum Gasteiger partial charge on any atom is -0.352 e. The summed E-state index contributed by atoms with van der Waals surface area (Å²) in [5.74, 6) is 0.424. The summed E-state index contributed by atoms with van der Waals surface area (Å²) in [6, 6.07) is 10.6. The second-order valence-corrected chi connectivity index (χ2v) is 5.59. The smallest absolute Gasteiger partial charge is 0.254 e. The van der Waals surface area contributed by atoms with Crippen LogP contribution in [0.3, 0.4) is 0 Å². The molecule has 0 aliphatic rings. The summed E-state index contributed by atoms with van der Waals surface area (Å²) in [4.78, 5) is 20.4. The summed E-state index contributed by atoms with van der Waals surface area (Å²) in [6.45, 7) is 4.80. The van der Waals surface area contributed by atoms with Crippen LogP contribution in [0.15, 0.2) is 42.7 Å². The minimum atomic E-state index is -0.131. The van der Waals surface area contributed by atoms with Crippen molar-refractivity contribution < 1.29 is 4.79 Å². The SMILES string of the molecule is CCC(C)Nc1ncc(C(=O)NCCCc2ccccc2)cn1. The second kappa shape index (κ2) is 8.88. The van der Waals surface area contributed by atoms with Gasteiger partial charge in [0.25, 0.3) is 5.91 Å². The van der Waals surface area contributed by atoms with Gasteiger partial charge in [-0.15, -0.1) is 0 Å². The third-order valence-electron chi connectivity index (χ3n) is 3.67. The molecule has 1 amide bonds. The molecule has 23 heavy (non-hydrogen) atoms. The van der Waals surface area contributed by atoms with E-state index in [1.165, 1.54) is 5.56 Å². The highest BCUT2D eigenvalue weighted by Crippen LogP contribution is 2.04. The molecule has 1 atom stereocenters. The van der Waals surface area contributed by atoms with E-state index in [4.69, 9.17) is 0 Å². The van der Waals surface area contributed by atoms with E-state index in [9.17, 15) is 4.79 Å². The zero-order valence-corrected chi connectivity index (χ0v) is 13.7. The normalized spacial score (nSPS) is 11.7. The third-order valence-corrected chi connectivity index (χ3v) is 3.67. The van der Waals surface area contributed by atoms with E-state index in [1.807, 2.05) is 18.2 Å². The molecule has 2 N–H and O–H groups in total. The topological polar surface area (TPSA) is 66.9 Å². The largest absolute Gasteiger partial charge is 0.352 e. The molecule has 0 fully saturated rings. The van der Waals surface area contributed by atoms with Crippen LogP contribution in [0.2, 0.25) is 0 Å². The van der Waals surface area contributed by atoms with Gasteiger partial charge in [-0.3, -0.25) is 4.79 Å². The van der Waals surface area contributed by atoms with Crippen molar-refractivity contribution in [3.05, 3.63) is 53.9 Å². The Bertz CT molecular complexity index is 598. The molecule has 1 heterocycles. The van der Waals surface area contributed by atoms with Gasteiger partial charge in [-0.25, -0.2) is 9.97 Å². The maximum atomic E-state index is 12.0. The average molecular weight is 312 g/mol. The molecule has 1 aromatic heterocycles. The Morgan fingerprint density at radius 2 is 1.87 bits per heavy atom. The van der Waals surface area contributed by atoms with E-state index in [0.29, 0.717) is 24.1 Å². The van der Waals surface area contributed by atoms with Crippen molar-refractivity contribution >= 4 is 11.9 Å². The Hall–Kier alpha value is -2.43. The molecular formula is C18H24N4O. The van der Waals surface area contributed by atoms with Crippen molar-refractivity contribution in [2.45, 2.75) is 39.2 Å². The Morgan fingerprint density at radius 3 is 2.52 bits per heavy atom. The van der Waals surface area contributed by atoms with Gasteiger partial charge < -0.3 is 10.6 Å². The number of rotatable bonds is 8. The Labute approximate surface area is 137 Å². The van der Waals surface area contributed by atoms with E-state index in [0.717, 1.165) is 19.3 Å². The highest BCUT2D eigenvalue weighted by Gasteiger charge is 2.07. The van der Waals surface area contributed by atoms with Crippen LogP contribution in [0.4, 0.5) is 5.95 Å². The van der Waals surface area contributed by atoms with Crippen LogP contribution < -0.4 is 10.6 Å². The molecule has 2 rings (SSSR count). The van der Waals surface area contributed by atoms with Crippen LogP contribution in [0.5, 0.6) is 0 Å². The van der Waals surface area contributed by atoms with E-state index in [1.54, 1.807) is 12.4 Å². The fourth-order valence-electron chi connectivity index (χ4n) is 2.08. The first-order valence-corrected chi connectivity index (χ1v) is 8.09. The van der Waals surface area contributed by atoms with Crippen molar-refractivity contribution in [3.63, 3.8) is 0 Å². The lowest BCUT2D eigenvalue weighted by Gasteiger charge is -2.11. The predicted molar refractivity (Wildman–Crippen MR) is 92.5 cm³/mol. The lowest BCUT2D eigenvalue weighted by Crippen LogP contribution is -2.25. The standard InChI is InChI=1S/C18H24N4O/c1-3-14(2)22-18-20-12-16(13-21-18)17(23)19-11-7-10-15-8-5-4-6-9-15/h4-6,8-9,12-14H,3,7,10-11H2,1-2H3,(H,19,23)(H,20,21,22). The lowest BCUT2D eigenvalue weighted by molar-refractivity contribution is 0.0952. The minimum absolute atomic E-state index is 0.131. The molecule has 0 saturated heterocycles. The van der Waals surface area contributed by atoms with Crippen LogP contribution in [-0.4, -0.2) is 28.5 Å². The van der Waals surface area contributed by atoms with E-state index in [2.05, 4.69) is 46.6 Å². The lowest BCUT2D eigenvalue weighted by atomic mass is 10.1. The molecule has 5 heteroatoms. The molecule has 0 aliphatic heterocycles. The molecule has 5 nitrogen and oxygen atoms in total. The first-order valence-electron chi connectivity index (χ1n) is 8.09. The summed E-state index contributed by atoms with van der Waals surface area (Å²) in [5.41, 5.74) is 1.77. The van der Waals surface area contributed by atoms with Gasteiger partial charge in [-0.05, 0) is 31.7 Å². The second-order valence-electron chi connectivity index (χ2n) is 5.59. The molecule has 0 radical (unpaired) electrons. The summed E-state index contributed by atoms with van der Waals surface area (Å²) < 4.78 is 0. The number of hydrogen-bond donors (Lipinski definition) is 2. The molecular weight excluding hydrogens is 288 g/mol. The van der Waals surface area contributed by atoms with Gasteiger partial charge in [0.2, 0.25) is 5.95 Å². The first kappa shape index (κ1) is 16.9. The van der Waals surface area contributed by atoms with Crippen LogP contribution in [-0.2, 0) is 6.42 Å². The van der Waals surface area contributed by atoms with Gasteiger partial charge in [-0.1, -0.05) is 37.3 Å². The number of aryl methyl sites for hydroxylation is 1. The number of anilines is 1. The Morgan fingerprint density at radius 1 is 1.17 bits per heavy atom. The van der Waals surface area contributed by atoms with Crippen molar-refractivity contribution in [1.29, 1.82) is 0 Å². The number of carbonyl (C=O) groups excluding carboxylic acids is 1. The summed E-state index contributed by atoms with van der Waals surface area (Å²) in [6.07, 6.45) is 5.97. The maximum Gasteiger partial charge on any atom is 0.254 e. The fourth-order valence-corrected chi connectivity index (χ4v) is 2.08. The first-order chi connectivity index (χ1) is 11.2. The number of amides is 1. The monoisotopic (exact) mass is 312 g/mol. The summed E-state index contributed by atoms with van der Waals surface area (Å²) in [7, 11) is 0. The van der Waals surface area contributed by atoms with E-state index in [-0.39, 0.29) is 5.91 Å². The maximum absolute atomic E-state index is 12.0. The van der Waals surface area contributed by atoms with Gasteiger partial charge in [0, 0.05) is 25.0 Å². The van der Waals surface area contributed by atoms with Gasteiger partial charge >= 0.3 is 0 Å². The molecule has 0 bridgehead atoms. The number of benzene rings is 1. The van der Waals surface area contributed by atoms with Crippen LogP contribution in [0, 0.1) is 0 Å². The van der Waals surface area contributed by atoms with Gasteiger partial charge in [0.15, 0.2) is 0 Å². The van der Waals surface area contributed by atoms with E-state index < -0.39 is 0 Å². The summed E-state index contributed by atoms with van der Waals surface area (Å²) in [5, 5.41) is 6.08. The van der Waals surface area contributed by atoms with Crippen molar-refractivity contribution in [1.82, 2.24) is 15.3 Å². The molecule has 122 valence electrons. The molecule has 0 aliphatic carbocycles.